The van der Waals surface area contributed by atoms with Gasteiger partial charge in [0, 0.05) is 25.3 Å². The molecule has 1 aliphatic heterocycles. The Balaban J connectivity index is 1.89. The lowest BCUT2D eigenvalue weighted by Gasteiger charge is -2.26. The van der Waals surface area contributed by atoms with E-state index in [9.17, 15) is 4.79 Å². The van der Waals surface area contributed by atoms with Gasteiger partial charge in [0.15, 0.2) is 0 Å². The molecule has 1 amide bonds. The standard InChI is InChI=1S/C13H19N3O3/c14-10-1-2-12(11(9-10)13(15)17)19-8-5-16-3-6-18-7-4-16/h1-2,9H,3-8,14H2,(H2,15,17). The van der Waals surface area contributed by atoms with E-state index in [0.717, 1.165) is 32.8 Å². The molecule has 0 atom stereocenters. The molecule has 0 unspecified atom stereocenters. The van der Waals surface area contributed by atoms with Crippen molar-refractivity contribution in [2.24, 2.45) is 5.73 Å². The first-order chi connectivity index (χ1) is 9.16. The monoisotopic (exact) mass is 265 g/mol. The first-order valence-electron chi connectivity index (χ1n) is 6.29. The summed E-state index contributed by atoms with van der Waals surface area (Å²) in [6.07, 6.45) is 0. The second kappa shape index (κ2) is 6.40. The smallest absolute Gasteiger partial charge is 0.252 e. The second-order valence-corrected chi connectivity index (χ2v) is 4.42. The summed E-state index contributed by atoms with van der Waals surface area (Å²) in [4.78, 5) is 13.6. The van der Waals surface area contributed by atoms with Crippen LogP contribution in [0.3, 0.4) is 0 Å². The molecule has 1 aliphatic rings. The van der Waals surface area contributed by atoms with Gasteiger partial charge in [-0.15, -0.1) is 0 Å². The Hall–Kier alpha value is -1.79. The number of carbonyl (C=O) groups is 1. The van der Waals surface area contributed by atoms with Crippen LogP contribution >= 0.6 is 0 Å². The summed E-state index contributed by atoms with van der Waals surface area (Å²) in [5, 5.41) is 0. The highest BCUT2D eigenvalue weighted by Gasteiger charge is 2.12. The zero-order valence-electron chi connectivity index (χ0n) is 10.8. The van der Waals surface area contributed by atoms with E-state index < -0.39 is 5.91 Å². The van der Waals surface area contributed by atoms with Gasteiger partial charge >= 0.3 is 0 Å². The molecule has 2 rings (SSSR count). The number of anilines is 1. The molecular weight excluding hydrogens is 246 g/mol. The number of rotatable bonds is 5. The minimum absolute atomic E-state index is 0.321. The third-order valence-corrected chi connectivity index (χ3v) is 3.04. The van der Waals surface area contributed by atoms with E-state index in [1.165, 1.54) is 6.07 Å². The third-order valence-electron chi connectivity index (χ3n) is 3.04. The van der Waals surface area contributed by atoms with Crippen LogP contribution < -0.4 is 16.2 Å². The molecule has 0 saturated carbocycles. The van der Waals surface area contributed by atoms with Crippen LogP contribution in [0.2, 0.25) is 0 Å². The van der Waals surface area contributed by atoms with E-state index in [1.807, 2.05) is 0 Å². The Morgan fingerprint density at radius 2 is 2.11 bits per heavy atom. The molecule has 0 aromatic heterocycles. The highest BCUT2D eigenvalue weighted by Crippen LogP contribution is 2.20. The molecule has 0 spiro atoms. The van der Waals surface area contributed by atoms with Gasteiger partial charge in [-0.05, 0) is 18.2 Å². The van der Waals surface area contributed by atoms with Crippen LogP contribution in [-0.4, -0.2) is 50.3 Å². The van der Waals surface area contributed by atoms with Gasteiger partial charge in [-0.2, -0.15) is 0 Å². The SMILES string of the molecule is NC(=O)c1cc(N)ccc1OCCN1CCOCC1. The number of benzene rings is 1. The maximum Gasteiger partial charge on any atom is 0.252 e. The van der Waals surface area contributed by atoms with E-state index in [0.29, 0.717) is 23.6 Å². The number of ether oxygens (including phenoxy) is 2. The van der Waals surface area contributed by atoms with E-state index in [-0.39, 0.29) is 0 Å². The molecule has 0 aliphatic carbocycles. The van der Waals surface area contributed by atoms with Gasteiger partial charge in [0.2, 0.25) is 0 Å². The zero-order chi connectivity index (χ0) is 13.7. The van der Waals surface area contributed by atoms with Gasteiger partial charge in [0.25, 0.3) is 5.91 Å². The largest absolute Gasteiger partial charge is 0.491 e. The van der Waals surface area contributed by atoms with Crippen LogP contribution in [0.4, 0.5) is 5.69 Å². The predicted molar refractivity (Wildman–Crippen MR) is 72.1 cm³/mol. The first-order valence-corrected chi connectivity index (χ1v) is 6.29. The lowest BCUT2D eigenvalue weighted by atomic mass is 10.1. The number of nitrogen functional groups attached to an aromatic ring is 1. The van der Waals surface area contributed by atoms with E-state index in [1.54, 1.807) is 12.1 Å². The van der Waals surface area contributed by atoms with Gasteiger partial charge in [0.05, 0.1) is 18.8 Å². The molecule has 0 radical (unpaired) electrons. The Morgan fingerprint density at radius 1 is 1.37 bits per heavy atom. The molecular formula is C13H19N3O3. The quantitative estimate of drug-likeness (QED) is 0.736. The lowest BCUT2D eigenvalue weighted by molar-refractivity contribution is 0.0322. The van der Waals surface area contributed by atoms with Gasteiger partial charge in [0.1, 0.15) is 12.4 Å². The van der Waals surface area contributed by atoms with Crippen molar-refractivity contribution in [2.75, 3.05) is 45.2 Å². The lowest BCUT2D eigenvalue weighted by Crippen LogP contribution is -2.38. The molecule has 6 nitrogen and oxygen atoms in total. The van der Waals surface area contributed by atoms with Crippen LogP contribution in [0.1, 0.15) is 10.4 Å². The van der Waals surface area contributed by atoms with E-state index in [2.05, 4.69) is 4.90 Å². The fourth-order valence-corrected chi connectivity index (χ4v) is 1.98. The summed E-state index contributed by atoms with van der Waals surface area (Å²) in [6, 6.07) is 4.90. The average molecular weight is 265 g/mol. The fourth-order valence-electron chi connectivity index (χ4n) is 1.98. The Bertz CT molecular complexity index is 445. The molecule has 6 heteroatoms. The van der Waals surface area contributed by atoms with Crippen molar-refractivity contribution in [1.82, 2.24) is 4.90 Å². The van der Waals surface area contributed by atoms with Crippen LogP contribution in [-0.2, 0) is 4.74 Å². The minimum atomic E-state index is -0.534. The molecule has 19 heavy (non-hydrogen) atoms. The number of hydrogen-bond donors (Lipinski definition) is 2. The molecule has 1 aromatic carbocycles. The average Bonchev–Trinajstić information content (AvgIpc) is 2.41. The number of primary amides is 1. The number of hydrogen-bond acceptors (Lipinski definition) is 5. The summed E-state index contributed by atoms with van der Waals surface area (Å²) in [5.41, 5.74) is 11.7. The van der Waals surface area contributed by atoms with E-state index >= 15 is 0 Å². The second-order valence-electron chi connectivity index (χ2n) is 4.42. The summed E-state index contributed by atoms with van der Waals surface area (Å²) >= 11 is 0. The summed E-state index contributed by atoms with van der Waals surface area (Å²) < 4.78 is 10.9. The highest BCUT2D eigenvalue weighted by molar-refractivity contribution is 5.96. The van der Waals surface area contributed by atoms with Crippen molar-refractivity contribution in [2.45, 2.75) is 0 Å². The maximum absolute atomic E-state index is 11.3. The molecule has 104 valence electrons. The number of nitrogens with zero attached hydrogens (tertiary/aromatic N) is 1. The number of amides is 1. The molecule has 1 aromatic rings. The Labute approximate surface area is 112 Å². The third kappa shape index (κ3) is 3.84. The van der Waals surface area contributed by atoms with Gasteiger partial charge in [-0.1, -0.05) is 0 Å². The molecule has 0 bridgehead atoms. The Kier molecular flexibility index (Phi) is 4.59. The normalized spacial score (nSPS) is 16.2. The van der Waals surface area contributed by atoms with Crippen molar-refractivity contribution < 1.29 is 14.3 Å². The topological polar surface area (TPSA) is 90.8 Å². The summed E-state index contributed by atoms with van der Waals surface area (Å²) in [6.45, 7) is 4.64. The van der Waals surface area contributed by atoms with Gasteiger partial charge < -0.3 is 20.9 Å². The highest BCUT2D eigenvalue weighted by atomic mass is 16.5. The van der Waals surface area contributed by atoms with Crippen molar-refractivity contribution >= 4 is 11.6 Å². The maximum atomic E-state index is 11.3. The van der Waals surface area contributed by atoms with Gasteiger partial charge in [-0.25, -0.2) is 0 Å². The molecule has 1 saturated heterocycles. The summed E-state index contributed by atoms with van der Waals surface area (Å²) in [7, 11) is 0. The van der Waals surface area contributed by atoms with E-state index in [4.69, 9.17) is 20.9 Å². The Morgan fingerprint density at radius 3 is 2.79 bits per heavy atom. The molecule has 1 heterocycles. The van der Waals surface area contributed by atoms with Crippen molar-refractivity contribution in [1.29, 1.82) is 0 Å². The zero-order valence-corrected chi connectivity index (χ0v) is 10.8. The van der Waals surface area contributed by atoms with Crippen molar-refractivity contribution in [3.05, 3.63) is 23.8 Å². The van der Waals surface area contributed by atoms with Crippen molar-refractivity contribution in [3.8, 4) is 5.75 Å². The van der Waals surface area contributed by atoms with Crippen LogP contribution in [0.5, 0.6) is 5.75 Å². The first kappa shape index (κ1) is 13.6. The summed E-state index contributed by atoms with van der Waals surface area (Å²) in [5.74, 6) is -0.0522. The number of nitrogens with two attached hydrogens (primary N) is 2. The fraction of sp³-hybridized carbons (Fsp3) is 0.462. The molecule has 1 fully saturated rings. The molecule has 4 N–H and O–H groups in total. The number of carbonyl (C=O) groups excluding carboxylic acids is 1. The van der Waals surface area contributed by atoms with Crippen LogP contribution in [0.15, 0.2) is 18.2 Å². The predicted octanol–water partition coefficient (Wildman–Crippen LogP) is 0.0787. The van der Waals surface area contributed by atoms with Crippen LogP contribution in [0.25, 0.3) is 0 Å². The number of morpholine rings is 1. The van der Waals surface area contributed by atoms with Crippen molar-refractivity contribution in [3.63, 3.8) is 0 Å². The minimum Gasteiger partial charge on any atom is -0.491 e. The van der Waals surface area contributed by atoms with Crippen LogP contribution in [0, 0.1) is 0 Å². The van der Waals surface area contributed by atoms with Gasteiger partial charge in [-0.3, -0.25) is 9.69 Å².